The Bertz CT molecular complexity index is 541. The van der Waals surface area contributed by atoms with Gasteiger partial charge in [0.2, 0.25) is 0 Å². The number of carbonyl (C=O) groups is 1. The number of nitrogens with zero attached hydrogens (tertiary/aromatic N) is 3. The lowest BCUT2D eigenvalue weighted by molar-refractivity contribution is 0.102. The monoisotopic (exact) mass is 234 g/mol. The lowest BCUT2D eigenvalue weighted by Gasteiger charge is -2.02. The van der Waals surface area contributed by atoms with Gasteiger partial charge in [0, 0.05) is 18.8 Å². The third kappa shape index (κ3) is 2.12. The first-order chi connectivity index (χ1) is 8.11. The molecule has 7 heteroatoms. The first-order valence-electron chi connectivity index (χ1n) is 5.24. The van der Waals surface area contributed by atoms with E-state index in [4.69, 9.17) is 5.73 Å². The molecule has 0 aliphatic heterocycles. The summed E-state index contributed by atoms with van der Waals surface area (Å²) in [6.45, 7) is 1.98. The molecule has 0 saturated carbocycles. The van der Waals surface area contributed by atoms with Crippen molar-refractivity contribution in [1.82, 2.24) is 20.0 Å². The van der Waals surface area contributed by atoms with E-state index < -0.39 is 0 Å². The average molecular weight is 234 g/mol. The third-order valence-corrected chi connectivity index (χ3v) is 2.41. The van der Waals surface area contributed by atoms with E-state index in [2.05, 4.69) is 20.6 Å². The molecule has 1 amide bonds. The molecule has 0 aromatic carbocycles. The molecule has 0 radical (unpaired) electrons. The van der Waals surface area contributed by atoms with Crippen LogP contribution in [0.1, 0.15) is 23.0 Å². The summed E-state index contributed by atoms with van der Waals surface area (Å²) in [7, 11) is 1.71. The van der Waals surface area contributed by atoms with Gasteiger partial charge < -0.3 is 11.1 Å². The van der Waals surface area contributed by atoms with Crippen molar-refractivity contribution in [1.29, 1.82) is 0 Å². The minimum atomic E-state index is -0.345. The van der Waals surface area contributed by atoms with Crippen LogP contribution in [0.3, 0.4) is 0 Å². The van der Waals surface area contributed by atoms with Gasteiger partial charge in [-0.1, -0.05) is 6.92 Å². The van der Waals surface area contributed by atoms with Crippen LogP contribution in [0.4, 0.5) is 11.5 Å². The molecule has 4 N–H and O–H groups in total. The highest BCUT2D eigenvalue weighted by molar-refractivity contribution is 6.05. The average Bonchev–Trinajstić information content (AvgIpc) is 2.84. The molecule has 90 valence electrons. The van der Waals surface area contributed by atoms with Gasteiger partial charge in [-0.25, -0.2) is 0 Å². The zero-order valence-corrected chi connectivity index (χ0v) is 9.69. The van der Waals surface area contributed by atoms with Crippen LogP contribution in [0.2, 0.25) is 0 Å². The van der Waals surface area contributed by atoms with E-state index >= 15 is 0 Å². The van der Waals surface area contributed by atoms with Crippen LogP contribution in [0.15, 0.2) is 12.4 Å². The fourth-order valence-electron chi connectivity index (χ4n) is 1.54. The maximum atomic E-state index is 11.9. The van der Waals surface area contributed by atoms with E-state index in [-0.39, 0.29) is 11.6 Å². The molecule has 0 aliphatic rings. The lowest BCUT2D eigenvalue weighted by Crippen LogP contribution is -2.15. The number of amides is 1. The first-order valence-corrected chi connectivity index (χ1v) is 5.24. The van der Waals surface area contributed by atoms with Gasteiger partial charge in [0.1, 0.15) is 5.82 Å². The van der Waals surface area contributed by atoms with Crippen molar-refractivity contribution in [3.63, 3.8) is 0 Å². The van der Waals surface area contributed by atoms with E-state index in [1.165, 1.54) is 4.68 Å². The maximum Gasteiger partial charge on any atom is 0.279 e. The summed E-state index contributed by atoms with van der Waals surface area (Å²) in [6, 6.07) is 0. The molecule has 0 unspecified atom stereocenters. The summed E-state index contributed by atoms with van der Waals surface area (Å²) in [6.07, 6.45) is 4.05. The topological polar surface area (TPSA) is 102 Å². The summed E-state index contributed by atoms with van der Waals surface area (Å²) in [5.74, 6) is 0.240. The Hall–Kier alpha value is -2.31. The van der Waals surface area contributed by atoms with Crippen LogP contribution in [0.25, 0.3) is 0 Å². The minimum absolute atomic E-state index is 0.212. The molecule has 2 aromatic heterocycles. The third-order valence-electron chi connectivity index (χ3n) is 2.41. The standard InChI is InChI=1S/C10H14N6O/c1-3-6-4-12-14-9(6)13-10(17)8-7(11)5-16(2)15-8/h4-5H,3,11H2,1-2H3,(H2,12,13,14,17). The van der Waals surface area contributed by atoms with Crippen molar-refractivity contribution in [3.8, 4) is 0 Å². The number of nitrogens with two attached hydrogens (primary N) is 1. The maximum absolute atomic E-state index is 11.9. The Morgan fingerprint density at radius 3 is 3.00 bits per heavy atom. The van der Waals surface area contributed by atoms with Crippen molar-refractivity contribution in [2.75, 3.05) is 11.1 Å². The summed E-state index contributed by atoms with van der Waals surface area (Å²) >= 11 is 0. The van der Waals surface area contributed by atoms with Gasteiger partial charge in [0.15, 0.2) is 5.69 Å². The first kappa shape index (κ1) is 11.2. The summed E-state index contributed by atoms with van der Waals surface area (Å²) < 4.78 is 1.50. The van der Waals surface area contributed by atoms with Gasteiger partial charge in [0.05, 0.1) is 11.9 Å². The fourth-order valence-corrected chi connectivity index (χ4v) is 1.54. The number of rotatable bonds is 3. The highest BCUT2D eigenvalue weighted by Gasteiger charge is 2.15. The predicted molar refractivity (Wildman–Crippen MR) is 63.5 cm³/mol. The number of aromatic nitrogens is 4. The Kier molecular flexibility index (Phi) is 2.82. The normalized spacial score (nSPS) is 10.5. The van der Waals surface area contributed by atoms with Crippen LogP contribution in [0, 0.1) is 0 Å². The van der Waals surface area contributed by atoms with Crippen LogP contribution in [-0.2, 0) is 13.5 Å². The Balaban J connectivity index is 2.20. The number of aromatic amines is 1. The second kappa shape index (κ2) is 4.28. The molecule has 0 bridgehead atoms. The SMILES string of the molecule is CCc1cn[nH]c1NC(=O)c1nn(C)cc1N. The lowest BCUT2D eigenvalue weighted by atomic mass is 10.2. The zero-order valence-electron chi connectivity index (χ0n) is 9.69. The number of hydrogen-bond acceptors (Lipinski definition) is 4. The molecule has 2 heterocycles. The fraction of sp³-hybridized carbons (Fsp3) is 0.300. The van der Waals surface area contributed by atoms with Gasteiger partial charge in [-0.15, -0.1) is 0 Å². The van der Waals surface area contributed by atoms with Crippen molar-refractivity contribution >= 4 is 17.4 Å². The quantitative estimate of drug-likeness (QED) is 0.721. The molecule has 2 rings (SSSR count). The van der Waals surface area contributed by atoms with Crippen molar-refractivity contribution in [2.45, 2.75) is 13.3 Å². The second-order valence-corrected chi connectivity index (χ2v) is 3.68. The Labute approximate surface area is 98.0 Å². The van der Waals surface area contributed by atoms with Crippen LogP contribution in [-0.4, -0.2) is 25.9 Å². The zero-order chi connectivity index (χ0) is 12.4. The summed E-state index contributed by atoms with van der Waals surface area (Å²) in [5, 5.41) is 13.3. The molecule has 0 saturated heterocycles. The number of anilines is 2. The van der Waals surface area contributed by atoms with Crippen LogP contribution >= 0.6 is 0 Å². The van der Waals surface area contributed by atoms with Crippen molar-refractivity contribution in [3.05, 3.63) is 23.7 Å². The largest absolute Gasteiger partial charge is 0.396 e. The Morgan fingerprint density at radius 1 is 1.65 bits per heavy atom. The molecule has 2 aromatic rings. The van der Waals surface area contributed by atoms with Gasteiger partial charge in [-0.05, 0) is 6.42 Å². The molecule has 0 spiro atoms. The van der Waals surface area contributed by atoms with Crippen molar-refractivity contribution in [2.24, 2.45) is 7.05 Å². The highest BCUT2D eigenvalue weighted by Crippen LogP contribution is 2.14. The Morgan fingerprint density at radius 2 is 2.41 bits per heavy atom. The number of nitrogen functional groups attached to an aromatic ring is 1. The summed E-state index contributed by atoms with van der Waals surface area (Å²) in [4.78, 5) is 11.9. The predicted octanol–water partition coefficient (Wildman–Crippen LogP) is 0.540. The van der Waals surface area contributed by atoms with Crippen LogP contribution in [0.5, 0.6) is 0 Å². The molecule has 0 fully saturated rings. The number of hydrogen-bond donors (Lipinski definition) is 3. The van der Waals surface area contributed by atoms with Crippen LogP contribution < -0.4 is 11.1 Å². The number of nitrogens with one attached hydrogen (secondary N) is 2. The van der Waals surface area contributed by atoms with E-state index in [0.29, 0.717) is 11.5 Å². The number of carbonyl (C=O) groups excluding carboxylic acids is 1. The van der Waals surface area contributed by atoms with E-state index in [1.54, 1.807) is 19.4 Å². The molecule has 7 nitrogen and oxygen atoms in total. The molecule has 0 aliphatic carbocycles. The molecule has 17 heavy (non-hydrogen) atoms. The summed E-state index contributed by atoms with van der Waals surface area (Å²) in [5.41, 5.74) is 7.17. The van der Waals surface area contributed by atoms with E-state index in [0.717, 1.165) is 12.0 Å². The van der Waals surface area contributed by atoms with E-state index in [9.17, 15) is 4.79 Å². The second-order valence-electron chi connectivity index (χ2n) is 3.68. The van der Waals surface area contributed by atoms with Crippen molar-refractivity contribution < 1.29 is 4.79 Å². The van der Waals surface area contributed by atoms with Gasteiger partial charge in [0.25, 0.3) is 5.91 Å². The number of aryl methyl sites for hydroxylation is 2. The van der Waals surface area contributed by atoms with Gasteiger partial charge >= 0.3 is 0 Å². The smallest absolute Gasteiger partial charge is 0.279 e. The van der Waals surface area contributed by atoms with E-state index in [1.807, 2.05) is 6.92 Å². The highest BCUT2D eigenvalue weighted by atomic mass is 16.2. The van der Waals surface area contributed by atoms with Gasteiger partial charge in [-0.2, -0.15) is 10.2 Å². The molecular weight excluding hydrogens is 220 g/mol. The number of H-pyrrole nitrogens is 1. The molecular formula is C10H14N6O. The minimum Gasteiger partial charge on any atom is -0.396 e. The van der Waals surface area contributed by atoms with Gasteiger partial charge in [-0.3, -0.25) is 14.6 Å². The molecule has 0 atom stereocenters.